The Kier molecular flexibility index (Phi) is 6.09. The molecule has 4 heterocycles. The molecule has 2 aromatic heterocycles. The highest BCUT2D eigenvalue weighted by Crippen LogP contribution is 2.27. The minimum atomic E-state index is 0.696. The van der Waals surface area contributed by atoms with Crippen LogP contribution in [0, 0.1) is 20.8 Å². The standard InChI is InChI=1S/C25H31N7O/c1-18-16-20(3)21(17-19(18)2)23-27-24(29-25(28-23)32-12-14-33-15-13-32)31-10-8-30(9-11-31)22-6-4-5-7-26-22/h4-7,16-17H,8-15H2,1-3H3. The van der Waals surface area contributed by atoms with Gasteiger partial charge in [0.05, 0.1) is 13.2 Å². The third-order valence-corrected chi connectivity index (χ3v) is 6.52. The van der Waals surface area contributed by atoms with E-state index in [1.807, 2.05) is 18.3 Å². The number of anilines is 3. The summed E-state index contributed by atoms with van der Waals surface area (Å²) in [5, 5.41) is 0. The summed E-state index contributed by atoms with van der Waals surface area (Å²) in [6.45, 7) is 12.8. The number of morpholine rings is 1. The molecule has 8 heteroatoms. The van der Waals surface area contributed by atoms with Crippen molar-refractivity contribution in [2.75, 3.05) is 67.2 Å². The Balaban J connectivity index is 1.47. The molecule has 2 fully saturated rings. The molecule has 0 saturated carbocycles. The van der Waals surface area contributed by atoms with Crippen LogP contribution < -0.4 is 14.7 Å². The fraction of sp³-hybridized carbons (Fsp3) is 0.440. The SMILES string of the molecule is Cc1cc(C)c(-c2nc(N3CCOCC3)nc(N3CCN(c4ccccn4)CC3)n2)cc1C. The first kappa shape index (κ1) is 21.6. The second-order valence-electron chi connectivity index (χ2n) is 8.77. The Morgan fingerprint density at radius 3 is 2.00 bits per heavy atom. The van der Waals surface area contributed by atoms with Gasteiger partial charge in [-0.05, 0) is 55.7 Å². The fourth-order valence-electron chi connectivity index (χ4n) is 4.40. The third-order valence-electron chi connectivity index (χ3n) is 6.52. The van der Waals surface area contributed by atoms with E-state index in [-0.39, 0.29) is 0 Å². The smallest absolute Gasteiger partial charge is 0.230 e. The van der Waals surface area contributed by atoms with Crippen molar-refractivity contribution < 1.29 is 4.74 Å². The first-order valence-corrected chi connectivity index (χ1v) is 11.7. The Morgan fingerprint density at radius 2 is 1.33 bits per heavy atom. The molecule has 172 valence electrons. The van der Waals surface area contributed by atoms with E-state index in [9.17, 15) is 0 Å². The Bertz CT molecular complexity index is 1110. The summed E-state index contributed by atoms with van der Waals surface area (Å²) in [4.78, 5) is 26.1. The van der Waals surface area contributed by atoms with Crippen molar-refractivity contribution in [1.82, 2.24) is 19.9 Å². The quantitative estimate of drug-likeness (QED) is 0.607. The molecular formula is C25H31N7O. The van der Waals surface area contributed by atoms with Crippen molar-refractivity contribution in [2.24, 2.45) is 0 Å². The Labute approximate surface area is 195 Å². The van der Waals surface area contributed by atoms with Gasteiger partial charge in [-0.3, -0.25) is 0 Å². The van der Waals surface area contributed by atoms with Gasteiger partial charge in [0.25, 0.3) is 0 Å². The van der Waals surface area contributed by atoms with Crippen LogP contribution in [0.4, 0.5) is 17.7 Å². The summed E-state index contributed by atoms with van der Waals surface area (Å²) < 4.78 is 5.55. The number of aromatic nitrogens is 4. The lowest BCUT2D eigenvalue weighted by Gasteiger charge is -2.36. The lowest BCUT2D eigenvalue weighted by atomic mass is 10.0. The van der Waals surface area contributed by atoms with Crippen LogP contribution in [0.15, 0.2) is 36.5 Å². The molecule has 0 aliphatic carbocycles. The summed E-state index contributed by atoms with van der Waals surface area (Å²) in [5.41, 5.74) is 4.78. The number of hydrogen-bond donors (Lipinski definition) is 0. The third kappa shape index (κ3) is 4.61. The first-order chi connectivity index (χ1) is 16.1. The van der Waals surface area contributed by atoms with E-state index in [1.165, 1.54) is 16.7 Å². The predicted molar refractivity (Wildman–Crippen MR) is 131 cm³/mol. The molecule has 0 spiro atoms. The topological polar surface area (TPSA) is 70.5 Å². The molecule has 5 rings (SSSR count). The van der Waals surface area contributed by atoms with Crippen molar-refractivity contribution in [2.45, 2.75) is 20.8 Å². The summed E-state index contributed by atoms with van der Waals surface area (Å²) in [5.74, 6) is 3.25. The summed E-state index contributed by atoms with van der Waals surface area (Å²) in [6.07, 6.45) is 1.85. The second kappa shape index (κ2) is 9.31. The summed E-state index contributed by atoms with van der Waals surface area (Å²) >= 11 is 0. The molecule has 0 N–H and O–H groups in total. The van der Waals surface area contributed by atoms with E-state index >= 15 is 0 Å². The Hall–Kier alpha value is -3.26. The van der Waals surface area contributed by atoms with Gasteiger partial charge >= 0.3 is 0 Å². The highest BCUT2D eigenvalue weighted by Gasteiger charge is 2.24. The minimum Gasteiger partial charge on any atom is -0.378 e. The maximum absolute atomic E-state index is 5.55. The van der Waals surface area contributed by atoms with E-state index in [2.05, 4.69) is 58.7 Å². The van der Waals surface area contributed by atoms with Crippen molar-refractivity contribution in [1.29, 1.82) is 0 Å². The number of nitrogens with zero attached hydrogens (tertiary/aromatic N) is 7. The van der Waals surface area contributed by atoms with Gasteiger partial charge in [0.1, 0.15) is 5.82 Å². The fourth-order valence-corrected chi connectivity index (χ4v) is 4.40. The molecule has 0 atom stereocenters. The largest absolute Gasteiger partial charge is 0.378 e. The first-order valence-electron chi connectivity index (χ1n) is 11.7. The molecule has 33 heavy (non-hydrogen) atoms. The molecule has 1 aromatic carbocycles. The average Bonchev–Trinajstić information content (AvgIpc) is 2.87. The second-order valence-corrected chi connectivity index (χ2v) is 8.77. The van der Waals surface area contributed by atoms with E-state index in [1.54, 1.807) is 0 Å². The van der Waals surface area contributed by atoms with E-state index in [4.69, 9.17) is 19.7 Å². The molecule has 0 bridgehead atoms. The van der Waals surface area contributed by atoms with Gasteiger partial charge in [-0.15, -0.1) is 0 Å². The van der Waals surface area contributed by atoms with Crippen LogP contribution in [0.3, 0.4) is 0 Å². The number of benzene rings is 1. The van der Waals surface area contributed by atoms with Crippen LogP contribution in [-0.4, -0.2) is 72.4 Å². The average molecular weight is 446 g/mol. The molecule has 0 unspecified atom stereocenters. The number of aryl methyl sites for hydroxylation is 3. The Morgan fingerprint density at radius 1 is 0.697 bits per heavy atom. The lowest BCUT2D eigenvalue weighted by molar-refractivity contribution is 0.122. The summed E-state index contributed by atoms with van der Waals surface area (Å²) in [7, 11) is 0. The van der Waals surface area contributed by atoms with Gasteiger partial charge in [-0.25, -0.2) is 4.98 Å². The lowest BCUT2D eigenvalue weighted by Crippen LogP contribution is -2.47. The van der Waals surface area contributed by atoms with E-state index in [0.29, 0.717) is 13.2 Å². The van der Waals surface area contributed by atoms with Crippen molar-refractivity contribution >= 4 is 17.7 Å². The van der Waals surface area contributed by atoms with Gasteiger partial charge in [-0.2, -0.15) is 15.0 Å². The molecule has 0 radical (unpaired) electrons. The van der Waals surface area contributed by atoms with Crippen molar-refractivity contribution in [3.8, 4) is 11.4 Å². The van der Waals surface area contributed by atoms with Gasteiger partial charge < -0.3 is 19.4 Å². The molecule has 2 saturated heterocycles. The minimum absolute atomic E-state index is 0.696. The monoisotopic (exact) mass is 445 g/mol. The summed E-state index contributed by atoms with van der Waals surface area (Å²) in [6, 6.07) is 10.5. The van der Waals surface area contributed by atoms with Gasteiger partial charge in [-0.1, -0.05) is 12.1 Å². The highest BCUT2D eigenvalue weighted by molar-refractivity contribution is 5.64. The van der Waals surface area contributed by atoms with Crippen molar-refractivity contribution in [3.63, 3.8) is 0 Å². The van der Waals surface area contributed by atoms with Crippen LogP contribution in [0.1, 0.15) is 16.7 Å². The van der Waals surface area contributed by atoms with Gasteiger partial charge in [0, 0.05) is 51.0 Å². The number of pyridine rings is 1. The molecular weight excluding hydrogens is 414 g/mol. The zero-order valence-electron chi connectivity index (χ0n) is 19.7. The predicted octanol–water partition coefficient (Wildman–Crippen LogP) is 3.02. The van der Waals surface area contributed by atoms with Gasteiger partial charge in [0.15, 0.2) is 5.82 Å². The molecule has 8 nitrogen and oxygen atoms in total. The maximum Gasteiger partial charge on any atom is 0.230 e. The van der Waals surface area contributed by atoms with Crippen molar-refractivity contribution in [3.05, 3.63) is 53.2 Å². The molecule has 2 aliphatic heterocycles. The molecule has 3 aromatic rings. The van der Waals surface area contributed by atoms with E-state index in [0.717, 1.165) is 68.4 Å². The van der Waals surface area contributed by atoms with Crippen LogP contribution in [0.5, 0.6) is 0 Å². The normalized spacial score (nSPS) is 16.9. The van der Waals surface area contributed by atoms with Crippen LogP contribution in [-0.2, 0) is 4.74 Å². The number of hydrogen-bond acceptors (Lipinski definition) is 8. The number of piperazine rings is 1. The highest BCUT2D eigenvalue weighted by atomic mass is 16.5. The molecule has 0 amide bonds. The van der Waals surface area contributed by atoms with Crippen LogP contribution >= 0.6 is 0 Å². The number of rotatable bonds is 4. The maximum atomic E-state index is 5.55. The van der Waals surface area contributed by atoms with Crippen LogP contribution in [0.25, 0.3) is 11.4 Å². The van der Waals surface area contributed by atoms with E-state index < -0.39 is 0 Å². The molecule has 2 aliphatic rings. The number of ether oxygens (including phenoxy) is 1. The zero-order valence-corrected chi connectivity index (χ0v) is 19.7. The zero-order chi connectivity index (χ0) is 22.8. The van der Waals surface area contributed by atoms with Crippen LogP contribution in [0.2, 0.25) is 0 Å². The van der Waals surface area contributed by atoms with Gasteiger partial charge in [0.2, 0.25) is 11.9 Å².